The largest absolute Gasteiger partial charge is 0.282 e. The lowest BCUT2D eigenvalue weighted by Gasteiger charge is -2.34. The molecule has 0 atom stereocenters. The van der Waals surface area contributed by atoms with Crippen molar-refractivity contribution in [2.45, 2.75) is 259 Å². The minimum Gasteiger partial charge on any atom is -0.282 e. The molecule has 0 bridgehead atoms. The molecule has 4 nitrogen and oxygen atoms in total. The van der Waals surface area contributed by atoms with Crippen LogP contribution < -0.4 is 0 Å². The van der Waals surface area contributed by atoms with Crippen molar-refractivity contribution in [2.75, 3.05) is 0 Å². The van der Waals surface area contributed by atoms with E-state index in [-0.39, 0.29) is 22.6 Å². The monoisotopic (exact) mass is 1070 g/mol. The lowest BCUT2D eigenvalue weighted by atomic mass is 9.69. The Bertz CT molecular complexity index is 2970. The molecule has 426 valence electrons. The summed E-state index contributed by atoms with van der Waals surface area (Å²) in [5, 5.41) is 0. The third-order valence-electron chi connectivity index (χ3n) is 19.3. The summed E-state index contributed by atoms with van der Waals surface area (Å²) in [6, 6.07) is 24.4. The Labute approximate surface area is 485 Å². The van der Waals surface area contributed by atoms with E-state index < -0.39 is 0 Å². The second-order valence-corrected chi connectivity index (χ2v) is 24.5. The van der Waals surface area contributed by atoms with Gasteiger partial charge >= 0.3 is 0 Å². The zero-order chi connectivity index (χ0) is 56.2. The minimum atomic E-state index is -0.154. The topological polar surface area (TPSA) is 40.6 Å². The molecule has 4 aromatic rings. The maximum atomic E-state index is 15.5. The number of hydrogen-bond acceptors (Lipinski definition) is 2. The molecule has 2 aliphatic carbocycles. The van der Waals surface area contributed by atoms with Crippen molar-refractivity contribution < 1.29 is 9.59 Å². The SMILES string of the molecule is CC.CC/C=C/c1ccc2c(c1)C(CCCCCCCC)(CCCCCCCC)c1cc3c(cc1-2)C=CN1C(=O)C2=C4c5cc6c(cc5C=CN4C(=O)C2=C31)-c1ccc(CC)cc1C6(CCCCCCCC)CCCCCCCC. The van der Waals surface area contributed by atoms with Crippen LogP contribution in [-0.4, -0.2) is 21.6 Å². The molecule has 6 aliphatic rings. The highest BCUT2D eigenvalue weighted by Crippen LogP contribution is 2.60. The first kappa shape index (κ1) is 59.2. The fourth-order valence-corrected chi connectivity index (χ4v) is 15.1. The Kier molecular flexibility index (Phi) is 20.4. The highest BCUT2D eigenvalue weighted by Gasteiger charge is 2.52. The Hall–Kier alpha value is -5.48. The normalized spacial score (nSPS) is 16.2. The summed E-state index contributed by atoms with van der Waals surface area (Å²) in [6.45, 7) is 17.7. The average molecular weight is 1070 g/mol. The molecule has 4 aliphatic heterocycles. The van der Waals surface area contributed by atoms with E-state index in [2.05, 4.69) is 127 Å². The summed E-state index contributed by atoms with van der Waals surface area (Å²) in [5.74, 6) is -0.172. The lowest BCUT2D eigenvalue weighted by molar-refractivity contribution is -0.122. The minimum absolute atomic E-state index is 0.0858. The van der Waals surface area contributed by atoms with Crippen molar-refractivity contribution in [1.29, 1.82) is 0 Å². The maximum Gasteiger partial charge on any atom is 0.265 e. The smallest absolute Gasteiger partial charge is 0.265 e. The van der Waals surface area contributed by atoms with Crippen LogP contribution in [0.3, 0.4) is 0 Å². The van der Waals surface area contributed by atoms with Crippen molar-refractivity contribution in [1.82, 2.24) is 9.80 Å². The van der Waals surface area contributed by atoms with Gasteiger partial charge in [0.25, 0.3) is 11.8 Å². The van der Waals surface area contributed by atoms with Gasteiger partial charge in [-0.05, 0) is 142 Å². The molecule has 4 heteroatoms. The molecular weight excluding hydrogens is 973 g/mol. The number of carbonyl (C=O) groups is 2. The lowest BCUT2D eigenvalue weighted by Crippen LogP contribution is -2.28. The summed E-state index contributed by atoms with van der Waals surface area (Å²) < 4.78 is 0. The quantitative estimate of drug-likeness (QED) is 0.0471. The number of carbonyl (C=O) groups excluding carboxylic acids is 2. The fourth-order valence-electron chi connectivity index (χ4n) is 15.1. The zero-order valence-corrected chi connectivity index (χ0v) is 51.2. The van der Waals surface area contributed by atoms with Crippen LogP contribution in [0.1, 0.15) is 297 Å². The third-order valence-corrected chi connectivity index (χ3v) is 19.3. The van der Waals surface area contributed by atoms with Crippen LogP contribution in [0.25, 0.3) is 51.9 Å². The van der Waals surface area contributed by atoms with Gasteiger partial charge in [-0.25, -0.2) is 0 Å². The molecule has 10 rings (SSSR count). The van der Waals surface area contributed by atoms with E-state index >= 15 is 9.59 Å². The van der Waals surface area contributed by atoms with Crippen molar-refractivity contribution in [3.8, 4) is 22.3 Å². The number of aryl methyl sites for hydroxylation is 1. The van der Waals surface area contributed by atoms with Crippen LogP contribution >= 0.6 is 0 Å². The van der Waals surface area contributed by atoms with Gasteiger partial charge in [0.1, 0.15) is 0 Å². The predicted molar refractivity (Wildman–Crippen MR) is 343 cm³/mol. The first-order valence-corrected chi connectivity index (χ1v) is 33.1. The molecule has 0 N–H and O–H groups in total. The Morgan fingerprint density at radius 2 is 0.775 bits per heavy atom. The van der Waals surface area contributed by atoms with E-state index in [1.807, 2.05) is 36.0 Å². The Morgan fingerprint density at radius 3 is 1.18 bits per heavy atom. The number of amides is 2. The van der Waals surface area contributed by atoms with Gasteiger partial charge in [-0.1, -0.05) is 258 Å². The van der Waals surface area contributed by atoms with E-state index in [0.29, 0.717) is 11.1 Å². The molecule has 0 aromatic heterocycles. The van der Waals surface area contributed by atoms with Gasteiger partial charge in [0.2, 0.25) is 0 Å². The van der Waals surface area contributed by atoms with E-state index in [0.717, 1.165) is 72.2 Å². The number of unbranched alkanes of at least 4 members (excludes halogenated alkanes) is 20. The van der Waals surface area contributed by atoms with Crippen LogP contribution in [-0.2, 0) is 26.8 Å². The molecule has 0 saturated carbocycles. The first-order valence-electron chi connectivity index (χ1n) is 33.1. The molecule has 4 heterocycles. The number of benzene rings is 4. The molecule has 2 amide bonds. The predicted octanol–water partition coefficient (Wildman–Crippen LogP) is 22.0. The summed E-state index contributed by atoms with van der Waals surface area (Å²) in [6.07, 6.45) is 49.7. The Morgan fingerprint density at radius 1 is 0.400 bits per heavy atom. The van der Waals surface area contributed by atoms with Gasteiger partial charge in [-0.15, -0.1) is 0 Å². The van der Waals surface area contributed by atoms with Crippen LogP contribution in [0.5, 0.6) is 0 Å². The van der Waals surface area contributed by atoms with E-state index in [1.54, 1.807) is 0 Å². The fraction of sp³-hybridized carbons (Fsp3) is 0.526. The molecule has 4 aromatic carbocycles. The highest BCUT2D eigenvalue weighted by atomic mass is 16.2. The van der Waals surface area contributed by atoms with Gasteiger partial charge in [-0.3, -0.25) is 19.4 Å². The average Bonchev–Trinajstić information content (AvgIpc) is 2.63. The molecule has 0 unspecified atom stereocenters. The van der Waals surface area contributed by atoms with E-state index in [4.69, 9.17) is 0 Å². The summed E-state index contributed by atoms with van der Waals surface area (Å²) in [7, 11) is 0. The number of rotatable bonds is 31. The third kappa shape index (κ3) is 11.4. The van der Waals surface area contributed by atoms with Gasteiger partial charge in [0.15, 0.2) is 0 Å². The highest BCUT2D eigenvalue weighted by molar-refractivity contribution is 6.32. The second kappa shape index (κ2) is 27.5. The zero-order valence-electron chi connectivity index (χ0n) is 51.2. The van der Waals surface area contributed by atoms with Crippen molar-refractivity contribution >= 4 is 41.4 Å². The van der Waals surface area contributed by atoms with Gasteiger partial charge in [-0.2, -0.15) is 0 Å². The van der Waals surface area contributed by atoms with Gasteiger partial charge in [0, 0.05) is 34.4 Å². The Balaban J connectivity index is 0.00000383. The van der Waals surface area contributed by atoms with Crippen LogP contribution in [0.2, 0.25) is 0 Å². The van der Waals surface area contributed by atoms with Gasteiger partial charge < -0.3 is 0 Å². The second-order valence-electron chi connectivity index (χ2n) is 24.5. The van der Waals surface area contributed by atoms with E-state index in [1.165, 1.54) is 210 Å². The van der Waals surface area contributed by atoms with Crippen molar-refractivity contribution in [3.05, 3.63) is 146 Å². The molecule has 0 saturated heterocycles. The maximum absolute atomic E-state index is 15.5. The summed E-state index contributed by atoms with van der Waals surface area (Å²) >= 11 is 0. The molecule has 0 fully saturated rings. The van der Waals surface area contributed by atoms with Crippen molar-refractivity contribution in [3.63, 3.8) is 0 Å². The van der Waals surface area contributed by atoms with Crippen molar-refractivity contribution in [2.24, 2.45) is 0 Å². The van der Waals surface area contributed by atoms with Crippen LogP contribution in [0, 0.1) is 0 Å². The van der Waals surface area contributed by atoms with Crippen LogP contribution in [0.15, 0.2) is 90.3 Å². The summed E-state index contributed by atoms with van der Waals surface area (Å²) in [4.78, 5) is 34.6. The number of allylic oxidation sites excluding steroid dienone is 1. The first-order chi connectivity index (χ1) is 39.3. The summed E-state index contributed by atoms with van der Waals surface area (Å²) in [5.41, 5.74) is 20.5. The van der Waals surface area contributed by atoms with E-state index in [9.17, 15) is 0 Å². The number of nitrogens with zero attached hydrogens (tertiary/aromatic N) is 2. The molecule has 0 radical (unpaired) electrons. The number of hydrogen-bond donors (Lipinski definition) is 0. The molecule has 0 spiro atoms. The van der Waals surface area contributed by atoms with Crippen LogP contribution in [0.4, 0.5) is 0 Å². The standard InChI is InChI=1S/C74H94N2O2.C2H6/c1-7-13-18-22-26-30-41-73(42-31-27-23-19-14-8-2)63-47-53(12-6)35-37-57(63)61-49-55-39-45-75-69(59(55)51-65(61)73)67-68(72(75)78)70-60-52-66-62(50-56(60)40-46-76(70)71(67)77)58-38-36-54(34-17-11-5)48-64(58)74(66,43-32-28-24-20-15-9-3)44-33-29-25-21-16-10-4;1-2/h17,34-40,45-52H,7-16,18-33,41-44H2,1-6H3;1-2H3/b34-17+;. The number of fused-ring (bicyclic) bond motifs is 13. The van der Waals surface area contributed by atoms with Gasteiger partial charge in [0.05, 0.1) is 22.5 Å². The molecular formula is C76H100N2O2. The molecule has 80 heavy (non-hydrogen) atoms.